The van der Waals surface area contributed by atoms with Crippen molar-refractivity contribution in [3.8, 4) is 17.2 Å². The molecule has 0 unspecified atom stereocenters. The average molecular weight is 726 g/mol. The van der Waals surface area contributed by atoms with Crippen molar-refractivity contribution >= 4 is 98.0 Å². The summed E-state index contributed by atoms with van der Waals surface area (Å²) in [7, 11) is 0. The molecule has 0 fully saturated rings. The van der Waals surface area contributed by atoms with E-state index in [9.17, 15) is 0 Å². The Hall–Kier alpha value is -7.76. The second-order valence-corrected chi connectivity index (χ2v) is 15.0. The van der Waals surface area contributed by atoms with Gasteiger partial charge >= 0.3 is 0 Å². The molecule has 13 rings (SSSR count). The van der Waals surface area contributed by atoms with Gasteiger partial charge in [0.2, 0.25) is 0 Å². The fourth-order valence-corrected chi connectivity index (χ4v) is 9.63. The number of fused-ring (bicyclic) bond motifs is 15. The van der Waals surface area contributed by atoms with Crippen LogP contribution in [0.5, 0.6) is 0 Å². The summed E-state index contributed by atoms with van der Waals surface area (Å²) in [6.07, 6.45) is 1.95. The number of nitrogens with zero attached hydrogens (tertiary/aromatic N) is 5. The molecule has 0 atom stereocenters. The summed E-state index contributed by atoms with van der Waals surface area (Å²) in [5.74, 6) is 0.802. The van der Waals surface area contributed by atoms with E-state index in [0.717, 1.165) is 55.5 Å². The van der Waals surface area contributed by atoms with Crippen LogP contribution >= 0.6 is 0 Å². The summed E-state index contributed by atoms with van der Waals surface area (Å²) in [6.45, 7) is 0. The molecule has 0 saturated heterocycles. The highest BCUT2D eigenvalue weighted by Crippen LogP contribution is 2.41. The maximum atomic E-state index is 5.46. The van der Waals surface area contributed by atoms with Crippen molar-refractivity contribution < 1.29 is 0 Å². The molecule has 0 N–H and O–H groups in total. The smallest absolute Gasteiger partial charge is 0.156 e. The molecule has 57 heavy (non-hydrogen) atoms. The fraction of sp³-hybridized carbons (Fsp3) is 0. The van der Waals surface area contributed by atoms with Crippen molar-refractivity contribution in [1.82, 2.24) is 23.7 Å². The zero-order chi connectivity index (χ0) is 37.2. The second kappa shape index (κ2) is 11.4. The molecule has 0 radical (unpaired) electrons. The van der Waals surface area contributed by atoms with Gasteiger partial charge in [0.15, 0.2) is 5.82 Å². The van der Waals surface area contributed by atoms with E-state index >= 15 is 0 Å². The summed E-state index contributed by atoms with van der Waals surface area (Å²) in [5, 5.41) is 11.8. The van der Waals surface area contributed by atoms with Gasteiger partial charge in [-0.3, -0.25) is 9.55 Å². The van der Waals surface area contributed by atoms with Gasteiger partial charge in [0.25, 0.3) is 0 Å². The Kier molecular flexibility index (Phi) is 6.10. The molecule has 0 aliphatic heterocycles. The molecule has 5 heteroatoms. The van der Waals surface area contributed by atoms with Gasteiger partial charge in [-0.2, -0.15) is 0 Å². The zero-order valence-corrected chi connectivity index (χ0v) is 30.6. The molecule has 0 aliphatic carbocycles. The van der Waals surface area contributed by atoms with Crippen molar-refractivity contribution in [2.75, 3.05) is 0 Å². The van der Waals surface area contributed by atoms with E-state index in [1.807, 2.05) is 6.20 Å². The molecule has 0 aliphatic rings. The first-order chi connectivity index (χ1) is 28.3. The number of hydrogen-bond acceptors (Lipinski definition) is 2. The van der Waals surface area contributed by atoms with Crippen molar-refractivity contribution in [3.63, 3.8) is 0 Å². The molecule has 5 nitrogen and oxygen atoms in total. The van der Waals surface area contributed by atoms with Crippen LogP contribution in [0.1, 0.15) is 0 Å². The van der Waals surface area contributed by atoms with Crippen LogP contribution in [-0.4, -0.2) is 23.7 Å². The highest BCUT2D eigenvalue weighted by Gasteiger charge is 2.21. The van der Waals surface area contributed by atoms with Crippen LogP contribution in [-0.2, 0) is 0 Å². The monoisotopic (exact) mass is 725 g/mol. The van der Waals surface area contributed by atoms with Crippen LogP contribution in [0.3, 0.4) is 0 Å². The predicted octanol–water partition coefficient (Wildman–Crippen LogP) is 13.2. The summed E-state index contributed by atoms with van der Waals surface area (Å²) in [5.41, 5.74) is 11.0. The summed E-state index contributed by atoms with van der Waals surface area (Å²) in [6, 6.07) is 65.6. The Labute approximate surface area is 325 Å². The maximum Gasteiger partial charge on any atom is 0.156 e. The molecule has 13 aromatic rings. The van der Waals surface area contributed by atoms with Gasteiger partial charge < -0.3 is 9.13 Å². The highest BCUT2D eigenvalue weighted by atomic mass is 15.1. The van der Waals surface area contributed by atoms with Crippen LogP contribution in [0.2, 0.25) is 0 Å². The van der Waals surface area contributed by atoms with Crippen LogP contribution in [0.25, 0.3) is 115 Å². The number of aromatic nitrogens is 5. The lowest BCUT2D eigenvalue weighted by atomic mass is 10.00. The summed E-state index contributed by atoms with van der Waals surface area (Å²) >= 11 is 0. The van der Waals surface area contributed by atoms with Gasteiger partial charge in [-0.25, -0.2) is 4.98 Å². The van der Waals surface area contributed by atoms with Crippen LogP contribution in [0.4, 0.5) is 0 Å². The Morgan fingerprint density at radius 2 is 0.719 bits per heavy atom. The largest absolute Gasteiger partial charge is 0.309 e. The highest BCUT2D eigenvalue weighted by molar-refractivity contribution is 6.23. The lowest BCUT2D eigenvalue weighted by Gasteiger charge is -2.12. The van der Waals surface area contributed by atoms with E-state index < -0.39 is 0 Å². The third kappa shape index (κ3) is 4.17. The van der Waals surface area contributed by atoms with Gasteiger partial charge in [-0.1, -0.05) is 127 Å². The molecule has 0 bridgehead atoms. The van der Waals surface area contributed by atoms with E-state index in [4.69, 9.17) is 9.97 Å². The van der Waals surface area contributed by atoms with Crippen LogP contribution in [0.15, 0.2) is 188 Å². The zero-order valence-electron chi connectivity index (χ0n) is 30.6. The minimum atomic E-state index is 0.802. The van der Waals surface area contributed by atoms with Gasteiger partial charge in [-0.05, 0) is 65.4 Å². The predicted molar refractivity (Wildman–Crippen MR) is 238 cm³/mol. The number of rotatable bonds is 3. The standard InChI is InChI=1S/C52H31N5/c1-2-14-32(15-3-1)55-44-23-11-8-18-36(44)39-27-26-33(28-47(39)55)56-45-24-12-9-19-37(45)42-30-49-43(29-48(42)56)38-20-10-13-25-46(38)57(49)50-31-53-51-40-21-6-4-16-34(40)35-17-5-7-22-41(35)52(51)54-50/h1-31H. The third-order valence-corrected chi connectivity index (χ3v) is 12.0. The molecule has 4 aromatic heterocycles. The number of hydrogen-bond donors (Lipinski definition) is 0. The Bertz CT molecular complexity index is 3780. The molecule has 264 valence electrons. The average Bonchev–Trinajstić information content (AvgIpc) is 3.90. The second-order valence-electron chi connectivity index (χ2n) is 15.0. The van der Waals surface area contributed by atoms with Gasteiger partial charge in [0.05, 0.1) is 50.3 Å². The first-order valence-electron chi connectivity index (χ1n) is 19.4. The normalized spacial score (nSPS) is 12.2. The van der Waals surface area contributed by atoms with Gasteiger partial charge in [0.1, 0.15) is 0 Å². The van der Waals surface area contributed by atoms with Crippen molar-refractivity contribution in [3.05, 3.63) is 188 Å². The van der Waals surface area contributed by atoms with E-state index in [2.05, 4.69) is 196 Å². The van der Waals surface area contributed by atoms with Crippen molar-refractivity contribution in [2.24, 2.45) is 0 Å². The molecule has 0 spiro atoms. The van der Waals surface area contributed by atoms with E-state index in [-0.39, 0.29) is 0 Å². The Balaban J connectivity index is 1.10. The summed E-state index contributed by atoms with van der Waals surface area (Å²) in [4.78, 5) is 10.6. The topological polar surface area (TPSA) is 40.6 Å². The minimum absolute atomic E-state index is 0.802. The lowest BCUT2D eigenvalue weighted by molar-refractivity contribution is 1.08. The molecule has 9 aromatic carbocycles. The molecular weight excluding hydrogens is 695 g/mol. The van der Waals surface area contributed by atoms with Crippen LogP contribution < -0.4 is 0 Å². The summed E-state index contributed by atoms with van der Waals surface area (Å²) < 4.78 is 7.14. The quantitative estimate of drug-likeness (QED) is 0.170. The maximum absolute atomic E-state index is 5.46. The van der Waals surface area contributed by atoms with E-state index in [1.54, 1.807) is 0 Å². The number of para-hydroxylation sites is 4. The SMILES string of the molecule is c1ccc(-n2c3ccccc3c3ccc(-n4c5ccccc5c5cc6c(cc54)c4ccccc4n6-c4cnc5c6ccccc6c6ccccc6c5n4)cc32)cc1. The fourth-order valence-electron chi connectivity index (χ4n) is 9.63. The third-order valence-electron chi connectivity index (χ3n) is 12.0. The number of benzene rings is 9. The molecule has 4 heterocycles. The first kappa shape index (κ1) is 30.6. The molecule has 0 amide bonds. The van der Waals surface area contributed by atoms with Crippen molar-refractivity contribution in [2.45, 2.75) is 0 Å². The molecular formula is C52H31N5. The van der Waals surface area contributed by atoms with E-state index in [0.29, 0.717) is 0 Å². The minimum Gasteiger partial charge on any atom is -0.309 e. The van der Waals surface area contributed by atoms with Crippen molar-refractivity contribution in [1.29, 1.82) is 0 Å². The lowest BCUT2D eigenvalue weighted by Crippen LogP contribution is -2.00. The molecule has 0 saturated carbocycles. The van der Waals surface area contributed by atoms with Gasteiger partial charge in [0, 0.05) is 54.5 Å². The van der Waals surface area contributed by atoms with E-state index in [1.165, 1.54) is 59.6 Å². The van der Waals surface area contributed by atoms with Crippen LogP contribution in [0, 0.1) is 0 Å². The van der Waals surface area contributed by atoms with Gasteiger partial charge in [-0.15, -0.1) is 0 Å². The Morgan fingerprint density at radius 1 is 0.281 bits per heavy atom. The first-order valence-corrected chi connectivity index (χ1v) is 19.4. The Morgan fingerprint density at radius 3 is 1.35 bits per heavy atom.